The first-order chi connectivity index (χ1) is 11.2. The van der Waals surface area contributed by atoms with Crippen molar-refractivity contribution in [3.05, 3.63) is 52.9 Å². The van der Waals surface area contributed by atoms with E-state index in [2.05, 4.69) is 0 Å². The minimum Gasteiger partial charge on any atom is -0.489 e. The van der Waals surface area contributed by atoms with Crippen LogP contribution in [0.1, 0.15) is 10.4 Å². The smallest absolute Gasteiger partial charge is 0.231 e. The number of nitrogen functional groups attached to an aromatic ring is 1. The van der Waals surface area contributed by atoms with Crippen LogP contribution in [0.5, 0.6) is 17.2 Å². The molecule has 1 aliphatic rings. The van der Waals surface area contributed by atoms with Crippen LogP contribution in [0.2, 0.25) is 0 Å². The number of rotatable bonds is 4. The maximum absolute atomic E-state index is 7.51. The molecule has 3 N–H and O–H groups in total. The van der Waals surface area contributed by atoms with Gasteiger partial charge in [-0.15, -0.1) is 11.3 Å². The SMILES string of the molecule is N=C(N)c1cc2ccc(OCc3ccc4c(c3)OCO4)cc2s1. The summed E-state index contributed by atoms with van der Waals surface area (Å²) in [6.45, 7) is 0.722. The number of nitrogens with one attached hydrogen (secondary N) is 1. The molecule has 0 radical (unpaired) electrons. The lowest BCUT2D eigenvalue weighted by Crippen LogP contribution is -2.08. The van der Waals surface area contributed by atoms with Crippen molar-refractivity contribution < 1.29 is 14.2 Å². The molecule has 0 atom stereocenters. The maximum atomic E-state index is 7.51. The van der Waals surface area contributed by atoms with E-state index in [1.807, 2.05) is 42.5 Å². The molecule has 1 aliphatic heterocycles. The van der Waals surface area contributed by atoms with Crippen LogP contribution in [0.25, 0.3) is 10.1 Å². The van der Waals surface area contributed by atoms with E-state index in [4.69, 9.17) is 25.4 Å². The predicted molar refractivity (Wildman–Crippen MR) is 89.7 cm³/mol. The van der Waals surface area contributed by atoms with E-state index in [1.54, 1.807) is 0 Å². The second-order valence-electron chi connectivity index (χ2n) is 5.20. The van der Waals surface area contributed by atoms with Gasteiger partial charge in [-0.2, -0.15) is 0 Å². The Morgan fingerprint density at radius 1 is 1.13 bits per heavy atom. The average molecular weight is 326 g/mol. The molecule has 0 aliphatic carbocycles. The van der Waals surface area contributed by atoms with Crippen molar-refractivity contribution in [2.45, 2.75) is 6.61 Å². The normalized spacial score (nSPS) is 12.5. The van der Waals surface area contributed by atoms with Gasteiger partial charge in [-0.1, -0.05) is 6.07 Å². The molecule has 1 aromatic heterocycles. The van der Waals surface area contributed by atoms with Gasteiger partial charge in [-0.3, -0.25) is 5.41 Å². The zero-order valence-corrected chi connectivity index (χ0v) is 13.0. The van der Waals surface area contributed by atoms with E-state index in [-0.39, 0.29) is 12.6 Å². The molecule has 0 spiro atoms. The monoisotopic (exact) mass is 326 g/mol. The summed E-state index contributed by atoms with van der Waals surface area (Å²) in [6.07, 6.45) is 0. The number of nitrogens with two attached hydrogens (primary N) is 1. The van der Waals surface area contributed by atoms with Crippen molar-refractivity contribution in [1.29, 1.82) is 5.41 Å². The van der Waals surface area contributed by atoms with E-state index >= 15 is 0 Å². The third kappa shape index (κ3) is 2.68. The van der Waals surface area contributed by atoms with Gasteiger partial charge in [0.2, 0.25) is 6.79 Å². The minimum atomic E-state index is 0.0917. The summed E-state index contributed by atoms with van der Waals surface area (Å²) in [5.41, 5.74) is 6.55. The third-order valence-electron chi connectivity index (χ3n) is 3.60. The number of thiophene rings is 1. The molecule has 4 rings (SSSR count). The zero-order valence-electron chi connectivity index (χ0n) is 12.2. The molecule has 0 bridgehead atoms. The van der Waals surface area contributed by atoms with Crippen molar-refractivity contribution in [2.75, 3.05) is 6.79 Å². The summed E-state index contributed by atoms with van der Waals surface area (Å²) in [6, 6.07) is 13.6. The largest absolute Gasteiger partial charge is 0.489 e. The number of fused-ring (bicyclic) bond motifs is 2. The van der Waals surface area contributed by atoms with E-state index in [0.29, 0.717) is 6.61 Å². The molecular weight excluding hydrogens is 312 g/mol. The highest BCUT2D eigenvalue weighted by Gasteiger charge is 2.13. The topological polar surface area (TPSA) is 77.6 Å². The third-order valence-corrected chi connectivity index (χ3v) is 4.73. The van der Waals surface area contributed by atoms with Crippen LogP contribution in [0.15, 0.2) is 42.5 Å². The van der Waals surface area contributed by atoms with E-state index in [1.165, 1.54) is 11.3 Å². The highest BCUT2D eigenvalue weighted by molar-refractivity contribution is 7.20. The van der Waals surface area contributed by atoms with Gasteiger partial charge in [-0.05, 0) is 47.3 Å². The summed E-state index contributed by atoms with van der Waals surface area (Å²) in [4.78, 5) is 0.771. The average Bonchev–Trinajstić information content (AvgIpc) is 3.18. The Morgan fingerprint density at radius 3 is 2.87 bits per heavy atom. The van der Waals surface area contributed by atoms with Gasteiger partial charge < -0.3 is 19.9 Å². The van der Waals surface area contributed by atoms with Gasteiger partial charge in [0.15, 0.2) is 11.5 Å². The van der Waals surface area contributed by atoms with Gasteiger partial charge in [0.05, 0.1) is 4.88 Å². The molecule has 0 saturated carbocycles. The lowest BCUT2D eigenvalue weighted by atomic mass is 10.2. The fraction of sp³-hybridized carbons (Fsp3) is 0.118. The second-order valence-corrected chi connectivity index (χ2v) is 6.28. The molecular formula is C17H14N2O3S. The molecule has 6 heteroatoms. The van der Waals surface area contributed by atoms with E-state index < -0.39 is 0 Å². The molecule has 0 amide bonds. The summed E-state index contributed by atoms with van der Waals surface area (Å²) >= 11 is 1.49. The fourth-order valence-corrected chi connectivity index (χ4v) is 3.38. The number of benzene rings is 2. The quantitative estimate of drug-likeness (QED) is 0.568. The molecule has 2 heterocycles. The Bertz CT molecular complexity index is 904. The second kappa shape index (κ2) is 5.48. The summed E-state index contributed by atoms with van der Waals surface area (Å²) in [7, 11) is 0. The molecule has 23 heavy (non-hydrogen) atoms. The molecule has 0 fully saturated rings. The van der Waals surface area contributed by atoms with Crippen molar-refractivity contribution in [1.82, 2.24) is 0 Å². The van der Waals surface area contributed by atoms with Gasteiger partial charge in [0, 0.05) is 4.70 Å². The maximum Gasteiger partial charge on any atom is 0.231 e. The Morgan fingerprint density at radius 2 is 2.00 bits per heavy atom. The van der Waals surface area contributed by atoms with Crippen molar-refractivity contribution >= 4 is 27.3 Å². The lowest BCUT2D eigenvalue weighted by Gasteiger charge is -2.07. The van der Waals surface area contributed by atoms with Crippen LogP contribution in [0.3, 0.4) is 0 Å². The van der Waals surface area contributed by atoms with Gasteiger partial charge in [0.25, 0.3) is 0 Å². The van der Waals surface area contributed by atoms with E-state index in [9.17, 15) is 0 Å². The van der Waals surface area contributed by atoms with Crippen LogP contribution in [0, 0.1) is 5.41 Å². The van der Waals surface area contributed by atoms with E-state index in [0.717, 1.165) is 37.8 Å². The number of hydrogen-bond acceptors (Lipinski definition) is 5. The van der Waals surface area contributed by atoms with Crippen molar-refractivity contribution in [3.8, 4) is 17.2 Å². The fourth-order valence-electron chi connectivity index (χ4n) is 2.43. The number of amidine groups is 1. The summed E-state index contributed by atoms with van der Waals surface area (Å²) < 4.78 is 17.6. The van der Waals surface area contributed by atoms with Gasteiger partial charge in [0.1, 0.15) is 18.2 Å². The first kappa shape index (κ1) is 13.9. The Kier molecular flexibility index (Phi) is 3.31. The summed E-state index contributed by atoms with van der Waals surface area (Å²) in [5.74, 6) is 2.40. The number of ether oxygens (including phenoxy) is 3. The van der Waals surface area contributed by atoms with Gasteiger partial charge in [-0.25, -0.2) is 0 Å². The molecule has 0 unspecified atom stereocenters. The Hall–Kier alpha value is -2.73. The highest BCUT2D eigenvalue weighted by Crippen LogP contribution is 2.33. The highest BCUT2D eigenvalue weighted by atomic mass is 32.1. The molecule has 5 nitrogen and oxygen atoms in total. The molecule has 116 valence electrons. The molecule has 2 aromatic carbocycles. The lowest BCUT2D eigenvalue weighted by molar-refractivity contribution is 0.174. The van der Waals surface area contributed by atoms with Crippen LogP contribution in [-0.2, 0) is 6.61 Å². The zero-order chi connectivity index (χ0) is 15.8. The first-order valence-corrected chi connectivity index (χ1v) is 7.90. The molecule has 3 aromatic rings. The first-order valence-electron chi connectivity index (χ1n) is 7.08. The van der Waals surface area contributed by atoms with Crippen molar-refractivity contribution in [3.63, 3.8) is 0 Å². The standard InChI is InChI=1S/C17H14N2O3S/c18-17(19)16-6-11-2-3-12(7-15(11)23-16)20-8-10-1-4-13-14(5-10)22-9-21-13/h1-7H,8-9H2,(H3,18,19). The molecule has 0 saturated heterocycles. The Balaban J connectivity index is 1.52. The van der Waals surface area contributed by atoms with Crippen LogP contribution < -0.4 is 19.9 Å². The van der Waals surface area contributed by atoms with Crippen LogP contribution >= 0.6 is 11.3 Å². The van der Waals surface area contributed by atoms with Crippen LogP contribution in [-0.4, -0.2) is 12.6 Å². The van der Waals surface area contributed by atoms with Gasteiger partial charge >= 0.3 is 0 Å². The minimum absolute atomic E-state index is 0.0917. The number of hydrogen-bond donors (Lipinski definition) is 2. The predicted octanol–water partition coefficient (Wildman–Crippen LogP) is 3.49. The summed E-state index contributed by atoms with van der Waals surface area (Å²) in [5, 5.41) is 8.58. The van der Waals surface area contributed by atoms with Crippen molar-refractivity contribution in [2.24, 2.45) is 5.73 Å². The van der Waals surface area contributed by atoms with Crippen LogP contribution in [0.4, 0.5) is 0 Å². The Labute approximate surface area is 136 Å².